The van der Waals surface area contributed by atoms with Crippen LogP contribution in [-0.4, -0.2) is 55.0 Å². The molecule has 1 saturated heterocycles. The van der Waals surface area contributed by atoms with Gasteiger partial charge in [0, 0.05) is 43.0 Å². The Morgan fingerprint density at radius 2 is 1.92 bits per heavy atom. The van der Waals surface area contributed by atoms with E-state index in [2.05, 4.69) is 6.58 Å². The van der Waals surface area contributed by atoms with Gasteiger partial charge in [-0.3, -0.25) is 9.59 Å². The molecule has 0 saturated carbocycles. The second-order valence-electron chi connectivity index (χ2n) is 10.9. The van der Waals surface area contributed by atoms with Crippen LogP contribution in [0, 0.1) is 5.92 Å². The topological polar surface area (TPSA) is 103 Å². The van der Waals surface area contributed by atoms with Crippen molar-refractivity contribution in [2.45, 2.75) is 56.5 Å². The van der Waals surface area contributed by atoms with Crippen molar-refractivity contribution in [3.63, 3.8) is 0 Å². The standard InChI is InChI=1S/C29H35N3O5Si/c1-5-16-31-24-13-11-21(32-26(34)14-12-23(30-32)20-9-7-6-8-10-20)18-22(24)29(28(31)35)19(2)27(38(3,4)36)25(37-29)15-17-33/h5-11,13,18-19,25,27,33,36H,1,12,14-17H2,2-4H3/t19-,25+,27-,29+/m0/s1. The minimum absolute atomic E-state index is 0.106. The van der Waals surface area contributed by atoms with Gasteiger partial charge in [0.15, 0.2) is 13.9 Å². The lowest BCUT2D eigenvalue weighted by atomic mass is 9.82. The maximum atomic E-state index is 14.1. The Kier molecular flexibility index (Phi) is 6.89. The molecule has 0 unspecified atom stereocenters. The Morgan fingerprint density at radius 1 is 1.18 bits per heavy atom. The van der Waals surface area contributed by atoms with Crippen molar-refractivity contribution >= 4 is 37.2 Å². The van der Waals surface area contributed by atoms with Gasteiger partial charge in [0.05, 0.1) is 23.2 Å². The maximum Gasteiger partial charge on any atom is 0.264 e. The predicted octanol–water partition coefficient (Wildman–Crippen LogP) is 3.93. The zero-order valence-electron chi connectivity index (χ0n) is 22.1. The first-order valence-electron chi connectivity index (χ1n) is 13.2. The first-order chi connectivity index (χ1) is 18.1. The Balaban J connectivity index is 1.64. The summed E-state index contributed by atoms with van der Waals surface area (Å²) in [4.78, 5) is 40.0. The number of benzene rings is 2. The number of aliphatic hydroxyl groups is 1. The number of amides is 2. The van der Waals surface area contributed by atoms with Gasteiger partial charge in [0.1, 0.15) is 0 Å². The Hall–Kier alpha value is -3.11. The molecule has 0 aromatic heterocycles. The molecule has 9 heteroatoms. The van der Waals surface area contributed by atoms with Crippen LogP contribution >= 0.6 is 0 Å². The minimum atomic E-state index is -2.79. The number of carbonyl (C=O) groups is 2. The molecule has 8 nitrogen and oxygen atoms in total. The first-order valence-corrected chi connectivity index (χ1v) is 16.2. The Morgan fingerprint density at radius 3 is 2.58 bits per heavy atom. The number of anilines is 2. The molecular formula is C29H35N3O5Si. The van der Waals surface area contributed by atoms with Gasteiger partial charge in [0.25, 0.3) is 5.91 Å². The number of ether oxygens (including phenoxy) is 1. The zero-order chi connectivity index (χ0) is 27.2. The lowest BCUT2D eigenvalue weighted by molar-refractivity contribution is -0.146. The molecule has 2 amide bonds. The normalized spacial score (nSPS) is 27.2. The number of hydrazone groups is 1. The summed E-state index contributed by atoms with van der Waals surface area (Å²) in [7, 11) is -2.79. The Labute approximate surface area is 224 Å². The highest BCUT2D eigenvalue weighted by molar-refractivity contribution is 6.71. The molecular weight excluding hydrogens is 498 g/mol. The van der Waals surface area contributed by atoms with Crippen LogP contribution in [0.3, 0.4) is 0 Å². The van der Waals surface area contributed by atoms with E-state index in [1.807, 2.05) is 68.5 Å². The fourth-order valence-electron chi connectivity index (χ4n) is 6.50. The van der Waals surface area contributed by atoms with E-state index < -0.39 is 20.0 Å². The van der Waals surface area contributed by atoms with E-state index in [-0.39, 0.29) is 29.9 Å². The van der Waals surface area contributed by atoms with E-state index in [0.29, 0.717) is 42.7 Å². The van der Waals surface area contributed by atoms with Crippen molar-refractivity contribution in [2.24, 2.45) is 11.0 Å². The van der Waals surface area contributed by atoms with Crippen molar-refractivity contribution in [3.05, 3.63) is 72.3 Å². The Bertz CT molecular complexity index is 1290. The second-order valence-corrected chi connectivity index (χ2v) is 14.9. The average Bonchev–Trinajstić information content (AvgIpc) is 3.32. The van der Waals surface area contributed by atoms with E-state index in [0.717, 1.165) is 11.3 Å². The zero-order valence-corrected chi connectivity index (χ0v) is 23.1. The van der Waals surface area contributed by atoms with E-state index in [1.165, 1.54) is 5.01 Å². The summed E-state index contributed by atoms with van der Waals surface area (Å²) in [5.74, 6) is -0.673. The molecule has 4 atom stereocenters. The molecule has 2 aromatic carbocycles. The second kappa shape index (κ2) is 9.89. The summed E-state index contributed by atoms with van der Waals surface area (Å²) in [5, 5.41) is 15.9. The van der Waals surface area contributed by atoms with Crippen molar-refractivity contribution in [1.29, 1.82) is 0 Å². The molecule has 0 bridgehead atoms. The van der Waals surface area contributed by atoms with E-state index in [1.54, 1.807) is 11.0 Å². The molecule has 2 N–H and O–H groups in total. The third kappa shape index (κ3) is 4.14. The highest BCUT2D eigenvalue weighted by Crippen LogP contribution is 2.60. The summed E-state index contributed by atoms with van der Waals surface area (Å²) >= 11 is 0. The van der Waals surface area contributed by atoms with Gasteiger partial charge in [-0.05, 0) is 43.3 Å². The monoisotopic (exact) mass is 533 g/mol. The van der Waals surface area contributed by atoms with Gasteiger partial charge in [-0.1, -0.05) is 43.3 Å². The number of hydrogen-bond donors (Lipinski definition) is 2. The van der Waals surface area contributed by atoms with Gasteiger partial charge in [0.2, 0.25) is 5.91 Å². The van der Waals surface area contributed by atoms with Crippen LogP contribution < -0.4 is 9.91 Å². The lowest BCUT2D eigenvalue weighted by Gasteiger charge is -2.32. The van der Waals surface area contributed by atoms with Crippen LogP contribution in [0.1, 0.15) is 37.3 Å². The lowest BCUT2D eigenvalue weighted by Crippen LogP contribution is -2.46. The van der Waals surface area contributed by atoms with E-state index in [9.17, 15) is 19.5 Å². The highest BCUT2D eigenvalue weighted by Gasteiger charge is 2.66. The molecule has 0 aliphatic carbocycles. The number of fused-ring (bicyclic) bond motifs is 2. The molecule has 0 radical (unpaired) electrons. The number of carbonyl (C=O) groups excluding carboxylic acids is 2. The van der Waals surface area contributed by atoms with Crippen molar-refractivity contribution in [3.8, 4) is 0 Å². The molecule has 38 heavy (non-hydrogen) atoms. The molecule has 3 aliphatic rings. The fraction of sp³-hybridized carbons (Fsp3) is 0.414. The van der Waals surface area contributed by atoms with Crippen LogP contribution in [0.5, 0.6) is 0 Å². The van der Waals surface area contributed by atoms with Gasteiger partial charge in [-0.15, -0.1) is 6.58 Å². The SMILES string of the molecule is C=CCN1C(=O)[C@]2(O[C@H](CCO)[C@@H]([Si](C)(C)O)[C@@H]2C)c2cc(N3N=C(c4ccccc4)CCC3=O)ccc21. The summed E-state index contributed by atoms with van der Waals surface area (Å²) in [6.45, 7) is 9.69. The smallest absolute Gasteiger partial charge is 0.264 e. The highest BCUT2D eigenvalue weighted by atomic mass is 28.4. The van der Waals surface area contributed by atoms with Crippen LogP contribution in [-0.2, 0) is 19.9 Å². The van der Waals surface area contributed by atoms with Crippen LogP contribution in [0.25, 0.3) is 0 Å². The van der Waals surface area contributed by atoms with E-state index in [4.69, 9.17) is 9.84 Å². The minimum Gasteiger partial charge on any atom is -0.432 e. The predicted molar refractivity (Wildman–Crippen MR) is 150 cm³/mol. The van der Waals surface area contributed by atoms with E-state index >= 15 is 0 Å². The van der Waals surface area contributed by atoms with Crippen LogP contribution in [0.15, 0.2) is 66.3 Å². The van der Waals surface area contributed by atoms with Crippen molar-refractivity contribution in [1.82, 2.24) is 0 Å². The third-order valence-electron chi connectivity index (χ3n) is 8.08. The third-order valence-corrected chi connectivity index (χ3v) is 10.6. The number of aliphatic hydroxyl groups excluding tert-OH is 1. The van der Waals surface area contributed by atoms with Crippen molar-refractivity contribution in [2.75, 3.05) is 23.1 Å². The van der Waals surface area contributed by atoms with Gasteiger partial charge in [-0.25, -0.2) is 5.01 Å². The summed E-state index contributed by atoms with van der Waals surface area (Å²) in [5.41, 5.74) is 2.11. The van der Waals surface area contributed by atoms with Crippen molar-refractivity contribution < 1.29 is 24.2 Å². The molecule has 3 heterocycles. The average molecular weight is 534 g/mol. The molecule has 1 fully saturated rings. The molecule has 5 rings (SSSR count). The summed E-state index contributed by atoms with van der Waals surface area (Å²) < 4.78 is 6.63. The number of rotatable bonds is 7. The quantitative estimate of drug-likeness (QED) is 0.415. The number of hydrogen-bond acceptors (Lipinski definition) is 6. The number of nitrogens with zero attached hydrogens (tertiary/aromatic N) is 3. The molecule has 200 valence electrons. The first kappa shape index (κ1) is 26.5. The van der Waals surface area contributed by atoms with Gasteiger partial charge < -0.3 is 19.5 Å². The van der Waals surface area contributed by atoms with Gasteiger partial charge in [-0.2, -0.15) is 5.10 Å². The summed E-state index contributed by atoms with van der Waals surface area (Å²) in [6, 6.07) is 15.3. The van der Waals surface area contributed by atoms with Crippen LogP contribution in [0.2, 0.25) is 18.6 Å². The molecule has 2 aromatic rings. The molecule has 3 aliphatic heterocycles. The molecule has 1 spiro atoms. The largest absolute Gasteiger partial charge is 0.432 e. The van der Waals surface area contributed by atoms with Crippen LogP contribution in [0.4, 0.5) is 11.4 Å². The summed E-state index contributed by atoms with van der Waals surface area (Å²) in [6.07, 6.45) is 2.42. The fourth-order valence-corrected chi connectivity index (χ4v) is 9.10. The van der Waals surface area contributed by atoms with Gasteiger partial charge >= 0.3 is 0 Å². The maximum absolute atomic E-state index is 14.1.